The Bertz CT molecular complexity index is 193. The van der Waals surface area contributed by atoms with Crippen LogP contribution in [0.1, 0.15) is 0 Å². The molecule has 0 aromatic heterocycles. The van der Waals surface area contributed by atoms with E-state index in [1.54, 1.807) is 0 Å². The zero-order valence-electron chi connectivity index (χ0n) is 5.03. The highest BCUT2D eigenvalue weighted by Gasteiger charge is 2.51. The third-order valence-electron chi connectivity index (χ3n) is 1.09. The van der Waals surface area contributed by atoms with E-state index >= 15 is 0 Å². The van der Waals surface area contributed by atoms with Crippen molar-refractivity contribution in [3.63, 3.8) is 0 Å². The summed E-state index contributed by atoms with van der Waals surface area (Å²) in [5.74, 6) is -3.20. The average Bonchev–Trinajstić information content (AvgIpc) is 2.08. The molecule has 0 saturated carbocycles. The average molecular weight is 191 g/mol. The van der Waals surface area contributed by atoms with Crippen molar-refractivity contribution in [3.8, 4) is 0 Å². The van der Waals surface area contributed by atoms with Gasteiger partial charge in [0.05, 0.1) is 0 Å². The van der Waals surface area contributed by atoms with Gasteiger partial charge in [0.2, 0.25) is 5.63 Å². The van der Waals surface area contributed by atoms with Gasteiger partial charge in [0.1, 0.15) is 0 Å². The fourth-order valence-corrected chi connectivity index (χ4v) is 0.722. The van der Waals surface area contributed by atoms with Gasteiger partial charge >= 0.3 is 6.11 Å². The van der Waals surface area contributed by atoms with Gasteiger partial charge in [0.25, 0.3) is 5.85 Å². The van der Waals surface area contributed by atoms with Crippen LogP contribution in [-0.2, 0) is 4.74 Å². The van der Waals surface area contributed by atoms with Crippen molar-refractivity contribution in [1.82, 2.24) is 0 Å². The summed E-state index contributed by atoms with van der Waals surface area (Å²) in [6.07, 6.45) is -3.40. The molecule has 0 fully saturated rings. The topological polar surface area (TPSA) is 9.23 Å². The van der Waals surface area contributed by atoms with E-state index in [2.05, 4.69) is 16.3 Å². The molecule has 1 nitrogen and oxygen atoms in total. The quantitative estimate of drug-likeness (QED) is 0.350. The van der Waals surface area contributed by atoms with Crippen molar-refractivity contribution < 1.29 is 22.3 Å². The molecule has 11 heavy (non-hydrogen) atoms. The van der Waals surface area contributed by atoms with Gasteiger partial charge in [-0.1, -0.05) is 11.6 Å². The summed E-state index contributed by atoms with van der Waals surface area (Å²) in [5.41, 5.74) is -2.63. The van der Waals surface area contributed by atoms with Crippen LogP contribution >= 0.6 is 11.6 Å². The SMILES string of the molecule is F[C@H](Cl)[C@]1(F)C=CC(F)(F)O1. The fraction of sp³-hybridized carbons (Fsp3) is 0.600. The van der Waals surface area contributed by atoms with E-state index in [0.717, 1.165) is 0 Å². The lowest BCUT2D eigenvalue weighted by atomic mass is 10.3. The van der Waals surface area contributed by atoms with Crippen LogP contribution in [0.4, 0.5) is 17.6 Å². The molecule has 2 atom stereocenters. The van der Waals surface area contributed by atoms with Gasteiger partial charge in [0.15, 0.2) is 0 Å². The minimum atomic E-state index is -3.77. The molecule has 0 bridgehead atoms. The maximum atomic E-state index is 12.6. The van der Waals surface area contributed by atoms with E-state index in [0.29, 0.717) is 0 Å². The molecule has 0 unspecified atom stereocenters. The minimum absolute atomic E-state index is 0.113. The molecule has 1 heterocycles. The third-order valence-corrected chi connectivity index (χ3v) is 1.39. The summed E-state index contributed by atoms with van der Waals surface area (Å²) >= 11 is 4.60. The van der Waals surface area contributed by atoms with Crippen LogP contribution in [0.15, 0.2) is 12.2 Å². The van der Waals surface area contributed by atoms with Crippen molar-refractivity contribution in [2.75, 3.05) is 0 Å². The molecule has 6 heteroatoms. The van der Waals surface area contributed by atoms with Gasteiger partial charge in [-0.3, -0.25) is 4.74 Å². The number of rotatable bonds is 1. The Hall–Kier alpha value is -0.290. The molecule has 1 aliphatic rings. The van der Waals surface area contributed by atoms with Gasteiger partial charge in [-0.15, -0.1) is 0 Å². The van der Waals surface area contributed by atoms with Crippen LogP contribution in [0.25, 0.3) is 0 Å². The molecular formula is C5H3ClF4O. The molecule has 1 rings (SSSR count). The molecule has 64 valence electrons. The van der Waals surface area contributed by atoms with E-state index in [9.17, 15) is 17.6 Å². The van der Waals surface area contributed by atoms with Crippen LogP contribution in [0.2, 0.25) is 0 Å². The molecule has 1 aliphatic heterocycles. The first kappa shape index (κ1) is 8.80. The molecule has 0 aliphatic carbocycles. The lowest BCUT2D eigenvalue weighted by molar-refractivity contribution is -0.279. The second-order valence-corrected chi connectivity index (χ2v) is 2.38. The molecular weight excluding hydrogens is 187 g/mol. The Balaban J connectivity index is 2.76. The zero-order chi connectivity index (χ0) is 8.70. The summed E-state index contributed by atoms with van der Waals surface area (Å²) in [6, 6.07) is 0. The van der Waals surface area contributed by atoms with Gasteiger partial charge in [-0.2, -0.15) is 8.78 Å². The highest BCUT2D eigenvalue weighted by atomic mass is 35.5. The Morgan fingerprint density at radius 2 is 1.82 bits per heavy atom. The zero-order valence-corrected chi connectivity index (χ0v) is 5.79. The first-order valence-electron chi connectivity index (χ1n) is 2.61. The fourth-order valence-electron chi connectivity index (χ4n) is 0.605. The van der Waals surface area contributed by atoms with E-state index in [1.165, 1.54) is 0 Å². The predicted octanol–water partition coefficient (Wildman–Crippen LogP) is 2.37. The van der Waals surface area contributed by atoms with Gasteiger partial charge in [-0.05, 0) is 6.08 Å². The van der Waals surface area contributed by atoms with Crippen molar-refractivity contribution >= 4 is 11.6 Å². The summed E-state index contributed by atoms with van der Waals surface area (Å²) in [7, 11) is 0. The monoisotopic (exact) mass is 190 g/mol. The Labute approximate surface area is 64.6 Å². The van der Waals surface area contributed by atoms with Crippen LogP contribution in [0, 0.1) is 0 Å². The second-order valence-electron chi connectivity index (χ2n) is 2.00. The second kappa shape index (κ2) is 2.35. The molecule has 0 radical (unpaired) electrons. The van der Waals surface area contributed by atoms with Gasteiger partial charge in [-0.25, -0.2) is 8.78 Å². The normalized spacial score (nSPS) is 37.5. The van der Waals surface area contributed by atoms with Crippen molar-refractivity contribution in [2.45, 2.75) is 17.6 Å². The number of alkyl halides is 5. The van der Waals surface area contributed by atoms with E-state index < -0.39 is 17.6 Å². The summed E-state index contributed by atoms with van der Waals surface area (Å²) < 4.78 is 52.1. The molecule has 0 spiro atoms. The summed E-state index contributed by atoms with van der Waals surface area (Å²) in [5, 5.41) is 0. The van der Waals surface area contributed by atoms with E-state index in [-0.39, 0.29) is 12.2 Å². The van der Waals surface area contributed by atoms with Crippen LogP contribution in [0.3, 0.4) is 0 Å². The molecule has 0 saturated heterocycles. The van der Waals surface area contributed by atoms with Crippen molar-refractivity contribution in [3.05, 3.63) is 12.2 Å². The van der Waals surface area contributed by atoms with Gasteiger partial charge < -0.3 is 0 Å². The number of halogens is 5. The summed E-state index contributed by atoms with van der Waals surface area (Å²) in [4.78, 5) is 0. The maximum absolute atomic E-state index is 12.6. The number of hydrogen-bond acceptors (Lipinski definition) is 1. The maximum Gasteiger partial charge on any atom is 0.379 e. The molecule has 0 amide bonds. The van der Waals surface area contributed by atoms with Crippen LogP contribution in [-0.4, -0.2) is 17.6 Å². The smallest absolute Gasteiger partial charge is 0.271 e. The van der Waals surface area contributed by atoms with Crippen LogP contribution in [0.5, 0.6) is 0 Å². The molecule has 0 aromatic rings. The summed E-state index contributed by atoms with van der Waals surface area (Å²) in [6.45, 7) is 0. The third kappa shape index (κ3) is 1.65. The highest BCUT2D eigenvalue weighted by molar-refractivity contribution is 6.20. The molecule has 0 aromatic carbocycles. The van der Waals surface area contributed by atoms with E-state index in [1.807, 2.05) is 0 Å². The standard InChI is InChI=1S/C5H3ClF4O/c6-3(7)4(8)1-2-5(9,10)11-4/h1-3H/t3-,4-/m0/s1. The first-order valence-corrected chi connectivity index (χ1v) is 3.05. The number of hydrogen-bond donors (Lipinski definition) is 0. The Morgan fingerprint density at radius 3 is 2.00 bits per heavy atom. The Morgan fingerprint density at radius 1 is 1.27 bits per heavy atom. The number of ether oxygens (including phenoxy) is 1. The van der Waals surface area contributed by atoms with Crippen molar-refractivity contribution in [2.24, 2.45) is 0 Å². The lowest BCUT2D eigenvalue weighted by Gasteiger charge is -2.19. The van der Waals surface area contributed by atoms with Gasteiger partial charge in [0, 0.05) is 6.08 Å². The van der Waals surface area contributed by atoms with E-state index in [4.69, 9.17) is 0 Å². The lowest BCUT2D eigenvalue weighted by Crippen LogP contribution is -2.33. The molecule has 0 N–H and O–H groups in total. The minimum Gasteiger partial charge on any atom is -0.271 e. The van der Waals surface area contributed by atoms with Crippen LogP contribution < -0.4 is 0 Å². The first-order chi connectivity index (χ1) is 4.86. The highest BCUT2D eigenvalue weighted by Crippen LogP contribution is 2.39. The largest absolute Gasteiger partial charge is 0.379 e. The Kier molecular flexibility index (Phi) is 1.88. The predicted molar refractivity (Wildman–Crippen MR) is 29.8 cm³/mol. The van der Waals surface area contributed by atoms with Crippen molar-refractivity contribution in [1.29, 1.82) is 0 Å².